The monoisotopic (exact) mass is 134 g/mol. The van der Waals surface area contributed by atoms with Crippen LogP contribution < -0.4 is 0 Å². The standard InChI is InChI=1S/C5H10O4/c1-2-5(9,3-6)4(7)8/h6,9H,2-3H2,1H3,(H,7,8). The van der Waals surface area contributed by atoms with Gasteiger partial charge in [0.2, 0.25) is 0 Å². The molecule has 0 radical (unpaired) electrons. The Balaban J connectivity index is 4.09. The largest absolute Gasteiger partial charge is 0.479 e. The minimum Gasteiger partial charge on any atom is -0.479 e. The van der Waals surface area contributed by atoms with Crippen LogP contribution in [0.25, 0.3) is 0 Å². The van der Waals surface area contributed by atoms with E-state index in [4.69, 9.17) is 15.3 Å². The molecule has 9 heavy (non-hydrogen) atoms. The molecule has 0 saturated heterocycles. The molecule has 0 aliphatic heterocycles. The van der Waals surface area contributed by atoms with E-state index in [-0.39, 0.29) is 6.42 Å². The molecular weight excluding hydrogens is 124 g/mol. The second kappa shape index (κ2) is 2.80. The van der Waals surface area contributed by atoms with Gasteiger partial charge in [0.25, 0.3) is 0 Å². The van der Waals surface area contributed by atoms with E-state index in [2.05, 4.69) is 0 Å². The third kappa shape index (κ3) is 1.65. The van der Waals surface area contributed by atoms with E-state index < -0.39 is 18.2 Å². The molecule has 0 heterocycles. The molecule has 4 heteroatoms. The van der Waals surface area contributed by atoms with E-state index in [0.29, 0.717) is 0 Å². The van der Waals surface area contributed by atoms with Gasteiger partial charge < -0.3 is 15.3 Å². The summed E-state index contributed by atoms with van der Waals surface area (Å²) in [5, 5.41) is 25.4. The Kier molecular flexibility index (Phi) is 2.61. The molecule has 1 atom stereocenters. The summed E-state index contributed by atoms with van der Waals surface area (Å²) in [5.41, 5.74) is -1.94. The van der Waals surface area contributed by atoms with Gasteiger partial charge in [0.1, 0.15) is 0 Å². The van der Waals surface area contributed by atoms with Gasteiger partial charge in [-0.1, -0.05) is 6.92 Å². The van der Waals surface area contributed by atoms with Crippen molar-refractivity contribution in [2.75, 3.05) is 6.61 Å². The molecule has 0 aliphatic rings. The molecule has 3 N–H and O–H groups in total. The Morgan fingerprint density at radius 3 is 2.11 bits per heavy atom. The summed E-state index contributed by atoms with van der Waals surface area (Å²) in [6.45, 7) is 0.753. The van der Waals surface area contributed by atoms with Gasteiger partial charge in [0.05, 0.1) is 6.61 Å². The van der Waals surface area contributed by atoms with Gasteiger partial charge in [0, 0.05) is 0 Å². The molecule has 4 nitrogen and oxygen atoms in total. The number of carboxylic acids is 1. The van der Waals surface area contributed by atoms with E-state index >= 15 is 0 Å². The second-order valence-corrected chi connectivity index (χ2v) is 1.85. The van der Waals surface area contributed by atoms with Crippen LogP contribution in [0.5, 0.6) is 0 Å². The molecule has 1 unspecified atom stereocenters. The van der Waals surface area contributed by atoms with Crippen molar-refractivity contribution >= 4 is 5.97 Å². The number of aliphatic hydroxyl groups excluding tert-OH is 1. The first-order valence-electron chi connectivity index (χ1n) is 2.63. The topological polar surface area (TPSA) is 77.8 Å². The van der Waals surface area contributed by atoms with Crippen LogP contribution in [0.1, 0.15) is 13.3 Å². The smallest absolute Gasteiger partial charge is 0.338 e. The number of aliphatic carboxylic acids is 1. The summed E-state index contributed by atoms with van der Waals surface area (Å²) in [7, 11) is 0. The summed E-state index contributed by atoms with van der Waals surface area (Å²) in [4.78, 5) is 10.1. The first-order valence-corrected chi connectivity index (χ1v) is 2.63. The number of hydrogen-bond acceptors (Lipinski definition) is 3. The minimum atomic E-state index is -1.94. The van der Waals surface area contributed by atoms with Crippen molar-refractivity contribution in [1.82, 2.24) is 0 Å². The zero-order chi connectivity index (χ0) is 7.49. The van der Waals surface area contributed by atoms with Crippen LogP contribution in [0.3, 0.4) is 0 Å². The predicted octanol–water partition coefficient (Wildman–Crippen LogP) is -0.796. The predicted molar refractivity (Wildman–Crippen MR) is 30.0 cm³/mol. The fourth-order valence-electron chi connectivity index (χ4n) is 0.331. The first kappa shape index (κ1) is 8.39. The van der Waals surface area contributed by atoms with E-state index in [1.54, 1.807) is 0 Å². The van der Waals surface area contributed by atoms with Crippen LogP contribution in [0.15, 0.2) is 0 Å². The van der Waals surface area contributed by atoms with Crippen molar-refractivity contribution in [1.29, 1.82) is 0 Å². The molecule has 0 rings (SSSR count). The van der Waals surface area contributed by atoms with Gasteiger partial charge in [-0.15, -0.1) is 0 Å². The summed E-state index contributed by atoms with van der Waals surface area (Å²) in [6.07, 6.45) is 0.0127. The first-order chi connectivity index (χ1) is 4.06. The fraction of sp³-hybridized carbons (Fsp3) is 0.800. The molecule has 0 fully saturated rings. The van der Waals surface area contributed by atoms with Gasteiger partial charge in [-0.05, 0) is 6.42 Å². The van der Waals surface area contributed by atoms with Crippen LogP contribution in [0.4, 0.5) is 0 Å². The summed E-state index contributed by atoms with van der Waals surface area (Å²) >= 11 is 0. The van der Waals surface area contributed by atoms with Gasteiger partial charge in [-0.25, -0.2) is 4.79 Å². The normalized spacial score (nSPS) is 16.8. The highest BCUT2D eigenvalue weighted by Crippen LogP contribution is 2.07. The third-order valence-electron chi connectivity index (χ3n) is 1.24. The van der Waals surface area contributed by atoms with Crippen LogP contribution >= 0.6 is 0 Å². The lowest BCUT2D eigenvalue weighted by molar-refractivity contribution is -0.163. The number of aliphatic hydroxyl groups is 2. The number of hydrogen-bond donors (Lipinski definition) is 3. The second-order valence-electron chi connectivity index (χ2n) is 1.85. The van der Waals surface area contributed by atoms with E-state index in [0.717, 1.165) is 0 Å². The van der Waals surface area contributed by atoms with Crippen LogP contribution in [0, 0.1) is 0 Å². The molecule has 0 bridgehead atoms. The van der Waals surface area contributed by atoms with E-state index in [1.807, 2.05) is 0 Å². The SMILES string of the molecule is CCC(O)(CO)C(=O)O. The maximum Gasteiger partial charge on any atom is 0.338 e. The van der Waals surface area contributed by atoms with Crippen molar-refractivity contribution in [2.45, 2.75) is 18.9 Å². The van der Waals surface area contributed by atoms with E-state index in [1.165, 1.54) is 6.92 Å². The molecular formula is C5H10O4. The average molecular weight is 134 g/mol. The maximum absolute atomic E-state index is 10.1. The molecule has 0 aromatic heterocycles. The molecule has 0 aromatic carbocycles. The highest BCUT2D eigenvalue weighted by atomic mass is 16.4. The molecule has 0 aromatic rings. The van der Waals surface area contributed by atoms with Crippen molar-refractivity contribution in [3.8, 4) is 0 Å². The zero-order valence-corrected chi connectivity index (χ0v) is 5.16. The zero-order valence-electron chi connectivity index (χ0n) is 5.16. The molecule has 0 spiro atoms. The van der Waals surface area contributed by atoms with Crippen LogP contribution in [0.2, 0.25) is 0 Å². The minimum absolute atomic E-state index is 0.0127. The fourth-order valence-corrected chi connectivity index (χ4v) is 0.331. The number of rotatable bonds is 3. The van der Waals surface area contributed by atoms with Crippen molar-refractivity contribution in [3.63, 3.8) is 0 Å². The Morgan fingerprint density at radius 1 is 1.67 bits per heavy atom. The van der Waals surface area contributed by atoms with Gasteiger partial charge in [0.15, 0.2) is 5.60 Å². The molecule has 0 saturated carbocycles. The van der Waals surface area contributed by atoms with Crippen molar-refractivity contribution in [2.24, 2.45) is 0 Å². The summed E-state index contributed by atoms with van der Waals surface area (Å²) < 4.78 is 0. The third-order valence-corrected chi connectivity index (χ3v) is 1.24. The highest BCUT2D eigenvalue weighted by molar-refractivity contribution is 5.77. The lowest BCUT2D eigenvalue weighted by atomic mass is 10.0. The number of carboxylic acid groups (broad SMARTS) is 1. The average Bonchev–Trinajstić information content (AvgIpc) is 1.86. The lowest BCUT2D eigenvalue weighted by Crippen LogP contribution is -2.41. The summed E-state index contributed by atoms with van der Waals surface area (Å²) in [5.74, 6) is -1.38. The quantitative estimate of drug-likeness (QED) is 0.472. The van der Waals surface area contributed by atoms with Crippen molar-refractivity contribution < 1.29 is 20.1 Å². The lowest BCUT2D eigenvalue weighted by Gasteiger charge is -2.17. The van der Waals surface area contributed by atoms with Crippen molar-refractivity contribution in [3.05, 3.63) is 0 Å². The van der Waals surface area contributed by atoms with Gasteiger partial charge in [-0.2, -0.15) is 0 Å². The van der Waals surface area contributed by atoms with Gasteiger partial charge >= 0.3 is 5.97 Å². The Labute approximate surface area is 52.7 Å². The van der Waals surface area contributed by atoms with Crippen LogP contribution in [-0.4, -0.2) is 33.5 Å². The van der Waals surface area contributed by atoms with Gasteiger partial charge in [-0.3, -0.25) is 0 Å². The Bertz CT molecular complexity index is 106. The van der Waals surface area contributed by atoms with Crippen LogP contribution in [-0.2, 0) is 4.79 Å². The maximum atomic E-state index is 10.1. The molecule has 0 aliphatic carbocycles. The molecule has 0 amide bonds. The summed E-state index contributed by atoms with van der Waals surface area (Å²) in [6, 6.07) is 0. The molecule has 54 valence electrons. The Morgan fingerprint density at radius 2 is 2.11 bits per heavy atom. The Hall–Kier alpha value is -0.610. The highest BCUT2D eigenvalue weighted by Gasteiger charge is 2.32. The van der Waals surface area contributed by atoms with E-state index in [9.17, 15) is 4.79 Å². The number of carbonyl (C=O) groups is 1.